The number of aromatic nitrogens is 2. The minimum atomic E-state index is -0.983. The number of carbonyl (C=O) groups is 2. The summed E-state index contributed by atoms with van der Waals surface area (Å²) in [6.07, 6.45) is 0.640. The molecule has 0 atom stereocenters. The molecule has 0 bridgehead atoms. The molecule has 1 aliphatic heterocycles. The number of benzene rings is 1. The van der Waals surface area contributed by atoms with Gasteiger partial charge in [-0.1, -0.05) is 18.2 Å². The maximum absolute atomic E-state index is 11.9. The Kier molecular flexibility index (Phi) is 4.08. The summed E-state index contributed by atoms with van der Waals surface area (Å²) >= 11 is 1.58. The molecule has 6 nitrogen and oxygen atoms in total. The van der Waals surface area contributed by atoms with Gasteiger partial charge in [-0.15, -0.1) is 11.3 Å². The topological polar surface area (TPSA) is 75.4 Å². The highest BCUT2D eigenvalue weighted by atomic mass is 32.1. The van der Waals surface area contributed by atoms with Crippen LogP contribution in [0.3, 0.4) is 0 Å². The molecule has 1 N–H and O–H groups in total. The van der Waals surface area contributed by atoms with Gasteiger partial charge in [0.1, 0.15) is 5.69 Å². The Morgan fingerprint density at radius 2 is 2.00 bits per heavy atom. The molecule has 0 saturated heterocycles. The molecule has 26 heavy (non-hydrogen) atoms. The highest BCUT2D eigenvalue weighted by molar-refractivity contribution is 7.13. The zero-order valence-electron chi connectivity index (χ0n) is 14.2. The third kappa shape index (κ3) is 2.70. The maximum atomic E-state index is 11.9. The predicted octanol–water partition coefficient (Wildman–Crippen LogP) is 3.20. The Bertz CT molecular complexity index is 992. The average molecular weight is 367 g/mol. The van der Waals surface area contributed by atoms with Crippen LogP contribution in [-0.2, 0) is 17.8 Å². The van der Waals surface area contributed by atoms with E-state index in [1.54, 1.807) is 46.0 Å². The molecule has 0 fully saturated rings. The molecule has 0 unspecified atom stereocenters. The molecule has 1 aliphatic rings. The van der Waals surface area contributed by atoms with Gasteiger partial charge in [0.25, 0.3) is 0 Å². The average Bonchev–Trinajstić information content (AvgIpc) is 3.28. The van der Waals surface area contributed by atoms with E-state index in [0.717, 1.165) is 21.8 Å². The molecule has 0 saturated carbocycles. The number of para-hydroxylation sites is 1. The molecule has 3 heterocycles. The molecule has 132 valence electrons. The third-order valence-corrected chi connectivity index (χ3v) is 5.50. The number of nitrogens with zero attached hydrogens (tertiary/aromatic N) is 3. The van der Waals surface area contributed by atoms with Gasteiger partial charge in [-0.25, -0.2) is 9.48 Å². The second-order valence-electron chi connectivity index (χ2n) is 6.18. The van der Waals surface area contributed by atoms with E-state index in [2.05, 4.69) is 0 Å². The first-order valence-electron chi connectivity index (χ1n) is 8.29. The summed E-state index contributed by atoms with van der Waals surface area (Å²) in [6.45, 7) is 2.67. The van der Waals surface area contributed by atoms with Gasteiger partial charge in [0.15, 0.2) is 0 Å². The van der Waals surface area contributed by atoms with Crippen molar-refractivity contribution in [1.82, 2.24) is 14.7 Å². The standard InChI is InChI=1S/C19H17N3O3S/c1-12(23)21-9-8-16-14(11-21)18(17-7-4-10-26-17)20-22(16)15-6-3-2-5-13(15)19(24)25/h2-7,10H,8-9,11H2,1H3,(H,24,25). The first kappa shape index (κ1) is 16.5. The van der Waals surface area contributed by atoms with Crippen LogP contribution in [0.15, 0.2) is 41.8 Å². The summed E-state index contributed by atoms with van der Waals surface area (Å²) in [7, 11) is 0. The van der Waals surface area contributed by atoms with E-state index in [0.29, 0.717) is 25.2 Å². The minimum Gasteiger partial charge on any atom is -0.478 e. The van der Waals surface area contributed by atoms with Crippen molar-refractivity contribution in [2.75, 3.05) is 6.54 Å². The molecular weight excluding hydrogens is 350 g/mol. The summed E-state index contributed by atoms with van der Waals surface area (Å²) in [6, 6.07) is 10.8. The number of aromatic carboxylic acids is 1. The van der Waals surface area contributed by atoms with Crippen molar-refractivity contribution < 1.29 is 14.7 Å². The second kappa shape index (κ2) is 6.42. The van der Waals surface area contributed by atoms with Gasteiger partial charge in [-0.2, -0.15) is 5.10 Å². The quantitative estimate of drug-likeness (QED) is 0.771. The van der Waals surface area contributed by atoms with E-state index in [9.17, 15) is 14.7 Å². The van der Waals surface area contributed by atoms with E-state index < -0.39 is 5.97 Å². The molecule has 0 spiro atoms. The lowest BCUT2D eigenvalue weighted by molar-refractivity contribution is -0.129. The number of hydrogen-bond donors (Lipinski definition) is 1. The summed E-state index contributed by atoms with van der Waals surface area (Å²) in [5.41, 5.74) is 3.55. The third-order valence-electron chi connectivity index (χ3n) is 4.62. The van der Waals surface area contributed by atoms with Gasteiger partial charge < -0.3 is 10.0 Å². The Balaban J connectivity index is 1.92. The fourth-order valence-electron chi connectivity index (χ4n) is 3.34. The van der Waals surface area contributed by atoms with Crippen LogP contribution in [0.2, 0.25) is 0 Å². The van der Waals surface area contributed by atoms with Crippen molar-refractivity contribution in [3.63, 3.8) is 0 Å². The van der Waals surface area contributed by atoms with Crippen molar-refractivity contribution >= 4 is 23.2 Å². The van der Waals surface area contributed by atoms with Crippen LogP contribution in [0.5, 0.6) is 0 Å². The van der Waals surface area contributed by atoms with E-state index in [1.807, 2.05) is 23.6 Å². The van der Waals surface area contributed by atoms with Gasteiger partial charge in [0.2, 0.25) is 5.91 Å². The molecule has 4 rings (SSSR count). The van der Waals surface area contributed by atoms with Crippen molar-refractivity contribution in [3.8, 4) is 16.3 Å². The Morgan fingerprint density at radius 3 is 2.69 bits per heavy atom. The van der Waals surface area contributed by atoms with Gasteiger partial charge in [0.05, 0.1) is 21.8 Å². The number of carboxylic acid groups (broad SMARTS) is 1. The largest absolute Gasteiger partial charge is 0.478 e. The van der Waals surface area contributed by atoms with E-state index in [1.165, 1.54) is 0 Å². The zero-order chi connectivity index (χ0) is 18.3. The van der Waals surface area contributed by atoms with Crippen molar-refractivity contribution in [2.24, 2.45) is 0 Å². The normalized spacial score (nSPS) is 13.5. The van der Waals surface area contributed by atoms with Gasteiger partial charge in [0, 0.05) is 32.0 Å². The maximum Gasteiger partial charge on any atom is 0.337 e. The van der Waals surface area contributed by atoms with E-state index in [4.69, 9.17) is 5.10 Å². The number of rotatable bonds is 3. The fraction of sp³-hybridized carbons (Fsp3) is 0.211. The number of amides is 1. The van der Waals surface area contributed by atoms with Gasteiger partial charge >= 0.3 is 5.97 Å². The number of hydrogen-bond acceptors (Lipinski definition) is 4. The lowest BCUT2D eigenvalue weighted by Crippen LogP contribution is -2.34. The first-order chi connectivity index (χ1) is 12.6. The SMILES string of the molecule is CC(=O)N1CCc2c(c(-c3cccs3)nn2-c2ccccc2C(=O)O)C1. The zero-order valence-corrected chi connectivity index (χ0v) is 15.0. The molecule has 1 aromatic carbocycles. The summed E-state index contributed by atoms with van der Waals surface area (Å²) in [4.78, 5) is 26.3. The van der Waals surface area contributed by atoms with Crippen LogP contribution >= 0.6 is 11.3 Å². The fourth-order valence-corrected chi connectivity index (χ4v) is 4.07. The molecular formula is C19H17N3O3S. The second-order valence-corrected chi connectivity index (χ2v) is 7.12. The smallest absolute Gasteiger partial charge is 0.337 e. The molecule has 3 aromatic rings. The van der Waals surface area contributed by atoms with Crippen LogP contribution in [0.4, 0.5) is 0 Å². The van der Waals surface area contributed by atoms with E-state index >= 15 is 0 Å². The van der Waals surface area contributed by atoms with Gasteiger partial charge in [-0.3, -0.25) is 4.79 Å². The minimum absolute atomic E-state index is 0.0338. The molecule has 7 heteroatoms. The van der Waals surface area contributed by atoms with E-state index in [-0.39, 0.29) is 11.5 Å². The number of thiophene rings is 1. The van der Waals surface area contributed by atoms with Crippen LogP contribution in [0.1, 0.15) is 28.5 Å². The molecule has 0 aliphatic carbocycles. The summed E-state index contributed by atoms with van der Waals surface area (Å²) in [5.74, 6) is -0.949. The lowest BCUT2D eigenvalue weighted by Gasteiger charge is -2.26. The highest BCUT2D eigenvalue weighted by Crippen LogP contribution is 2.34. The van der Waals surface area contributed by atoms with Crippen LogP contribution in [-0.4, -0.2) is 38.2 Å². The molecule has 2 aromatic heterocycles. The first-order valence-corrected chi connectivity index (χ1v) is 9.17. The van der Waals surface area contributed by atoms with Crippen molar-refractivity contribution in [1.29, 1.82) is 0 Å². The number of fused-ring (bicyclic) bond motifs is 1. The van der Waals surface area contributed by atoms with Crippen molar-refractivity contribution in [2.45, 2.75) is 19.9 Å². The molecule has 0 radical (unpaired) electrons. The Hall–Kier alpha value is -2.93. The lowest BCUT2D eigenvalue weighted by atomic mass is 10.0. The summed E-state index contributed by atoms with van der Waals surface area (Å²) in [5, 5.41) is 16.3. The van der Waals surface area contributed by atoms with Gasteiger partial charge in [-0.05, 0) is 23.6 Å². The van der Waals surface area contributed by atoms with Crippen LogP contribution in [0, 0.1) is 0 Å². The number of carbonyl (C=O) groups excluding carboxylic acids is 1. The molecule has 1 amide bonds. The number of carboxylic acids is 1. The van der Waals surface area contributed by atoms with Crippen molar-refractivity contribution in [3.05, 3.63) is 58.6 Å². The monoisotopic (exact) mass is 367 g/mol. The Morgan fingerprint density at radius 1 is 1.19 bits per heavy atom. The highest BCUT2D eigenvalue weighted by Gasteiger charge is 2.28. The predicted molar refractivity (Wildman–Crippen MR) is 98.6 cm³/mol. The Labute approximate surface area is 154 Å². The summed E-state index contributed by atoms with van der Waals surface area (Å²) < 4.78 is 1.74. The van der Waals surface area contributed by atoms with Crippen LogP contribution < -0.4 is 0 Å². The van der Waals surface area contributed by atoms with Crippen LogP contribution in [0.25, 0.3) is 16.3 Å².